The van der Waals surface area contributed by atoms with Gasteiger partial charge in [-0.3, -0.25) is 0 Å². The Bertz CT molecular complexity index is 1000. The van der Waals surface area contributed by atoms with Crippen LogP contribution in [0.25, 0.3) is 31.1 Å². The van der Waals surface area contributed by atoms with Crippen LogP contribution < -0.4 is 0 Å². The second kappa shape index (κ2) is 11.3. The summed E-state index contributed by atoms with van der Waals surface area (Å²) < 4.78 is 5.55. The Morgan fingerprint density at radius 3 is 1.90 bits per heavy atom. The third-order valence-corrected chi connectivity index (χ3v) is 8.66. The van der Waals surface area contributed by atoms with E-state index in [1.54, 1.807) is 0 Å². The Hall–Kier alpha value is -1.56. The lowest BCUT2D eigenvalue weighted by Gasteiger charge is -2.04. The van der Waals surface area contributed by atoms with Crippen molar-refractivity contribution in [1.29, 1.82) is 0 Å². The first-order valence-electron chi connectivity index (χ1n) is 11.7. The van der Waals surface area contributed by atoms with E-state index in [1.807, 2.05) is 22.7 Å². The molecule has 0 bridgehead atoms. The summed E-state index contributed by atoms with van der Waals surface area (Å²) in [6.45, 7) is 4.54. The smallest absolute Gasteiger partial charge is 0.115 e. The van der Waals surface area contributed by atoms with Crippen LogP contribution in [0.15, 0.2) is 35.0 Å². The van der Waals surface area contributed by atoms with Gasteiger partial charge >= 0.3 is 0 Å². The molecular weight excluding hydrogens is 437 g/mol. The van der Waals surface area contributed by atoms with Gasteiger partial charge in [-0.05, 0) is 71.2 Å². The molecule has 1 aromatic carbocycles. The minimum absolute atomic E-state index is 1.06. The van der Waals surface area contributed by atoms with Gasteiger partial charge in [-0.25, -0.2) is 0 Å². The van der Waals surface area contributed by atoms with Gasteiger partial charge in [0.1, 0.15) is 5.52 Å². The molecule has 0 aliphatic heterocycles. The van der Waals surface area contributed by atoms with Crippen molar-refractivity contribution >= 4 is 44.4 Å². The van der Waals surface area contributed by atoms with E-state index in [0.717, 1.165) is 5.52 Å². The molecular formula is C26H32N2S3. The van der Waals surface area contributed by atoms with Crippen LogP contribution >= 0.6 is 34.2 Å². The number of aromatic nitrogens is 2. The molecule has 0 saturated carbocycles. The third-order valence-electron chi connectivity index (χ3n) is 5.88. The van der Waals surface area contributed by atoms with E-state index in [9.17, 15) is 0 Å². The summed E-state index contributed by atoms with van der Waals surface area (Å²) in [6, 6.07) is 9.28. The minimum Gasteiger partial charge on any atom is -0.143 e. The van der Waals surface area contributed by atoms with Crippen LogP contribution in [0.1, 0.15) is 76.3 Å². The fraction of sp³-hybridized carbons (Fsp3) is 0.462. The van der Waals surface area contributed by atoms with Crippen molar-refractivity contribution in [3.8, 4) is 20.9 Å². The fourth-order valence-electron chi connectivity index (χ4n) is 4.07. The molecule has 0 amide bonds. The quantitative estimate of drug-likeness (QED) is 0.193. The molecule has 3 aromatic heterocycles. The predicted octanol–water partition coefficient (Wildman–Crippen LogP) is 9.39. The first-order valence-corrected chi connectivity index (χ1v) is 14.2. The van der Waals surface area contributed by atoms with Gasteiger partial charge in [0.15, 0.2) is 0 Å². The summed E-state index contributed by atoms with van der Waals surface area (Å²) in [5, 5.41) is 9.19. The van der Waals surface area contributed by atoms with E-state index < -0.39 is 0 Å². The van der Waals surface area contributed by atoms with Crippen LogP contribution in [-0.4, -0.2) is 9.59 Å². The molecule has 164 valence electrons. The molecule has 2 nitrogen and oxygen atoms in total. The van der Waals surface area contributed by atoms with Gasteiger partial charge in [0.25, 0.3) is 0 Å². The molecule has 0 aliphatic rings. The molecule has 0 N–H and O–H groups in total. The number of benzene rings is 1. The number of unbranched alkanes of at least 4 members (excludes halogenated alkanes) is 6. The van der Waals surface area contributed by atoms with Gasteiger partial charge in [0.05, 0.1) is 4.70 Å². The SMILES string of the molecule is CCCCCCc1csc(-c2ccc(-c3cc(CCCCCC)cs3)c3snnc23)c1. The zero-order valence-electron chi connectivity index (χ0n) is 18.7. The molecule has 3 heterocycles. The number of thiophene rings is 2. The average Bonchev–Trinajstić information content (AvgIpc) is 3.54. The van der Waals surface area contributed by atoms with Gasteiger partial charge in [-0.1, -0.05) is 69.0 Å². The number of hydrogen-bond acceptors (Lipinski definition) is 5. The van der Waals surface area contributed by atoms with Crippen LogP contribution in [0.3, 0.4) is 0 Å². The topological polar surface area (TPSA) is 25.8 Å². The summed E-state index contributed by atoms with van der Waals surface area (Å²) >= 11 is 5.23. The predicted molar refractivity (Wildman–Crippen MR) is 140 cm³/mol. The zero-order valence-corrected chi connectivity index (χ0v) is 21.1. The van der Waals surface area contributed by atoms with Gasteiger partial charge < -0.3 is 0 Å². The van der Waals surface area contributed by atoms with E-state index in [1.165, 1.54) is 112 Å². The largest absolute Gasteiger partial charge is 0.143 e. The Morgan fingerprint density at radius 2 is 1.29 bits per heavy atom. The van der Waals surface area contributed by atoms with Gasteiger partial charge in [0, 0.05) is 20.9 Å². The number of aryl methyl sites for hydroxylation is 2. The average molecular weight is 469 g/mol. The summed E-state index contributed by atoms with van der Waals surface area (Å²) in [5.41, 5.74) is 6.50. The van der Waals surface area contributed by atoms with Crippen LogP contribution in [0, 0.1) is 0 Å². The van der Waals surface area contributed by atoms with Crippen molar-refractivity contribution < 1.29 is 0 Å². The zero-order chi connectivity index (χ0) is 21.5. The molecule has 0 atom stereocenters. The number of fused-ring (bicyclic) bond motifs is 1. The Labute approximate surface area is 198 Å². The molecule has 0 fully saturated rings. The van der Waals surface area contributed by atoms with Gasteiger partial charge in [0.2, 0.25) is 0 Å². The van der Waals surface area contributed by atoms with E-state index in [-0.39, 0.29) is 0 Å². The molecule has 0 saturated heterocycles. The van der Waals surface area contributed by atoms with Crippen molar-refractivity contribution in [2.24, 2.45) is 0 Å². The Kier molecular flexibility index (Phi) is 8.28. The van der Waals surface area contributed by atoms with Crippen LogP contribution in [0.5, 0.6) is 0 Å². The van der Waals surface area contributed by atoms with Crippen molar-refractivity contribution in [3.63, 3.8) is 0 Å². The number of hydrogen-bond donors (Lipinski definition) is 0. The minimum atomic E-state index is 1.06. The van der Waals surface area contributed by atoms with Crippen LogP contribution in [0.4, 0.5) is 0 Å². The van der Waals surface area contributed by atoms with Crippen LogP contribution in [0.2, 0.25) is 0 Å². The van der Waals surface area contributed by atoms with Crippen molar-refractivity contribution in [2.75, 3.05) is 0 Å². The summed E-state index contributed by atoms with van der Waals surface area (Å²) in [5.74, 6) is 0. The Balaban J connectivity index is 1.52. The van der Waals surface area contributed by atoms with Crippen molar-refractivity contribution in [1.82, 2.24) is 9.59 Å². The molecule has 4 aromatic rings. The van der Waals surface area contributed by atoms with Gasteiger partial charge in [-0.2, -0.15) is 0 Å². The van der Waals surface area contributed by atoms with E-state index in [0.29, 0.717) is 0 Å². The third kappa shape index (κ3) is 5.63. The van der Waals surface area contributed by atoms with Crippen molar-refractivity contribution in [2.45, 2.75) is 78.1 Å². The standard InChI is InChI=1S/C26H32N2S3/c1-3-5-7-9-11-19-15-23(29-17-19)21-13-14-22(26-25(21)27-28-31-26)24-16-20(18-30-24)12-10-8-6-4-2/h13-18H,3-12H2,1-2H3. The van der Waals surface area contributed by atoms with Crippen LogP contribution in [-0.2, 0) is 12.8 Å². The highest BCUT2D eigenvalue weighted by Crippen LogP contribution is 2.40. The highest BCUT2D eigenvalue weighted by molar-refractivity contribution is 7.16. The van der Waals surface area contributed by atoms with Gasteiger partial charge in [-0.15, -0.1) is 27.8 Å². The summed E-state index contributed by atoms with van der Waals surface area (Å²) in [4.78, 5) is 2.66. The lowest BCUT2D eigenvalue weighted by atomic mass is 10.0. The molecule has 0 unspecified atom stereocenters. The summed E-state index contributed by atoms with van der Waals surface area (Å²) in [6.07, 6.45) is 12.9. The molecule has 0 aliphatic carbocycles. The Morgan fingerprint density at radius 1 is 0.710 bits per heavy atom. The molecule has 4 rings (SSSR count). The maximum absolute atomic E-state index is 4.53. The number of nitrogens with zero attached hydrogens (tertiary/aromatic N) is 2. The monoisotopic (exact) mass is 468 g/mol. The highest BCUT2D eigenvalue weighted by Gasteiger charge is 2.15. The number of rotatable bonds is 12. The first kappa shape index (κ1) is 22.6. The van der Waals surface area contributed by atoms with E-state index >= 15 is 0 Å². The lowest BCUT2D eigenvalue weighted by molar-refractivity contribution is 0.667. The molecule has 0 spiro atoms. The van der Waals surface area contributed by atoms with E-state index in [4.69, 9.17) is 0 Å². The lowest BCUT2D eigenvalue weighted by Crippen LogP contribution is -1.84. The first-order chi connectivity index (χ1) is 15.3. The highest BCUT2D eigenvalue weighted by atomic mass is 32.1. The second-order valence-electron chi connectivity index (χ2n) is 8.37. The van der Waals surface area contributed by atoms with E-state index in [2.05, 4.69) is 58.5 Å². The summed E-state index contributed by atoms with van der Waals surface area (Å²) in [7, 11) is 0. The fourth-order valence-corrected chi connectivity index (χ4v) is 6.80. The normalized spacial score (nSPS) is 11.5. The van der Waals surface area contributed by atoms with Crippen molar-refractivity contribution in [3.05, 3.63) is 46.2 Å². The molecule has 5 heteroatoms. The maximum atomic E-state index is 4.53. The maximum Gasteiger partial charge on any atom is 0.115 e. The molecule has 31 heavy (non-hydrogen) atoms. The molecule has 0 radical (unpaired) electrons. The second-order valence-corrected chi connectivity index (χ2v) is 10.9.